The minimum Gasteiger partial charge on any atom is -0.406 e. The van der Waals surface area contributed by atoms with Crippen LogP contribution in [0, 0.1) is 12.7 Å². The summed E-state index contributed by atoms with van der Waals surface area (Å²) in [6.45, 7) is 3.79. The summed E-state index contributed by atoms with van der Waals surface area (Å²) in [5.41, 5.74) is 3.34. The lowest BCUT2D eigenvalue weighted by Gasteiger charge is -2.15. The standard InChI is InChI=1S/C18H20FN5O3/c1-3-10-4-5-15-20-17(22-24(10)15)18(26)21-16-13(25)8-11-12(19)6-9(2)7-14(11)27-23-16/h6-7,10,16,23H,3-5,8H2,1-2H3,(H,21,26)/t10?,16-/m0/s1. The highest BCUT2D eigenvalue weighted by molar-refractivity contribution is 5.96. The summed E-state index contributed by atoms with van der Waals surface area (Å²) in [4.78, 5) is 34.6. The maximum Gasteiger partial charge on any atom is 0.292 e. The van der Waals surface area contributed by atoms with Crippen molar-refractivity contribution in [2.45, 2.75) is 51.7 Å². The molecule has 0 fully saturated rings. The Labute approximate surface area is 155 Å². The zero-order chi connectivity index (χ0) is 19.1. The van der Waals surface area contributed by atoms with Crippen LogP contribution in [0.25, 0.3) is 0 Å². The van der Waals surface area contributed by atoms with Crippen molar-refractivity contribution in [1.82, 2.24) is 25.6 Å². The van der Waals surface area contributed by atoms with Crippen LogP contribution in [-0.4, -0.2) is 32.6 Å². The van der Waals surface area contributed by atoms with E-state index in [1.54, 1.807) is 17.7 Å². The highest BCUT2D eigenvalue weighted by Crippen LogP contribution is 2.27. The number of fused-ring (bicyclic) bond motifs is 2. The lowest BCUT2D eigenvalue weighted by molar-refractivity contribution is -0.122. The summed E-state index contributed by atoms with van der Waals surface area (Å²) in [7, 11) is 0. The highest BCUT2D eigenvalue weighted by Gasteiger charge is 2.31. The van der Waals surface area contributed by atoms with Gasteiger partial charge >= 0.3 is 0 Å². The molecule has 8 nitrogen and oxygen atoms in total. The van der Waals surface area contributed by atoms with Crippen molar-refractivity contribution in [2.24, 2.45) is 0 Å². The molecular weight excluding hydrogens is 353 g/mol. The molecule has 4 rings (SSSR count). The second-order valence-corrected chi connectivity index (χ2v) is 6.89. The number of hydrogen-bond acceptors (Lipinski definition) is 6. The van der Waals surface area contributed by atoms with Crippen LogP contribution < -0.4 is 15.6 Å². The lowest BCUT2D eigenvalue weighted by atomic mass is 10.0. The smallest absolute Gasteiger partial charge is 0.292 e. The monoisotopic (exact) mass is 373 g/mol. The van der Waals surface area contributed by atoms with Crippen LogP contribution >= 0.6 is 0 Å². The summed E-state index contributed by atoms with van der Waals surface area (Å²) in [6, 6.07) is 3.22. The lowest BCUT2D eigenvalue weighted by Crippen LogP contribution is -2.51. The Hall–Kier alpha value is -2.81. The molecule has 0 radical (unpaired) electrons. The molecule has 2 N–H and O–H groups in total. The van der Waals surface area contributed by atoms with Crippen LogP contribution in [0.2, 0.25) is 0 Å². The molecule has 1 aromatic heterocycles. The largest absolute Gasteiger partial charge is 0.406 e. The number of Topliss-reactive ketones (excluding diaryl/α,β-unsaturated/α-hetero) is 1. The maximum atomic E-state index is 14.1. The molecule has 142 valence electrons. The summed E-state index contributed by atoms with van der Waals surface area (Å²) >= 11 is 0. The van der Waals surface area contributed by atoms with E-state index in [1.807, 2.05) is 0 Å². The number of carbonyl (C=O) groups is 2. The predicted molar refractivity (Wildman–Crippen MR) is 92.5 cm³/mol. The van der Waals surface area contributed by atoms with Crippen molar-refractivity contribution in [1.29, 1.82) is 0 Å². The first-order valence-corrected chi connectivity index (χ1v) is 8.96. The first-order valence-electron chi connectivity index (χ1n) is 8.96. The number of hydroxylamine groups is 1. The molecule has 2 atom stereocenters. The van der Waals surface area contributed by atoms with Crippen LogP contribution in [0.4, 0.5) is 4.39 Å². The van der Waals surface area contributed by atoms with E-state index in [4.69, 9.17) is 4.84 Å². The van der Waals surface area contributed by atoms with Crippen LogP contribution in [0.3, 0.4) is 0 Å². The Bertz CT molecular complexity index is 926. The number of hydrogen-bond donors (Lipinski definition) is 2. The number of benzene rings is 1. The minimum atomic E-state index is -1.12. The van der Waals surface area contributed by atoms with Crippen LogP contribution in [0.15, 0.2) is 12.1 Å². The first-order chi connectivity index (χ1) is 13.0. The van der Waals surface area contributed by atoms with Gasteiger partial charge in [-0.05, 0) is 37.5 Å². The molecule has 27 heavy (non-hydrogen) atoms. The topological polar surface area (TPSA) is 98.1 Å². The maximum absolute atomic E-state index is 14.1. The van der Waals surface area contributed by atoms with Gasteiger partial charge in [0.05, 0.1) is 6.04 Å². The molecule has 0 saturated carbocycles. The van der Waals surface area contributed by atoms with Crippen molar-refractivity contribution in [2.75, 3.05) is 0 Å². The van der Waals surface area contributed by atoms with Crippen LogP contribution in [-0.2, 0) is 17.6 Å². The minimum absolute atomic E-state index is 0.0153. The molecule has 9 heteroatoms. The van der Waals surface area contributed by atoms with Gasteiger partial charge in [0.2, 0.25) is 5.82 Å². The Balaban J connectivity index is 1.50. The Morgan fingerprint density at radius 1 is 1.48 bits per heavy atom. The molecule has 1 aromatic carbocycles. The highest BCUT2D eigenvalue weighted by atomic mass is 19.1. The van der Waals surface area contributed by atoms with Crippen molar-refractivity contribution in [3.63, 3.8) is 0 Å². The quantitative estimate of drug-likeness (QED) is 0.844. The zero-order valence-electron chi connectivity index (χ0n) is 15.1. The third kappa shape index (κ3) is 3.18. The number of halogens is 1. The van der Waals surface area contributed by atoms with Gasteiger partial charge in [0.1, 0.15) is 11.6 Å². The van der Waals surface area contributed by atoms with Gasteiger partial charge in [-0.2, -0.15) is 0 Å². The summed E-state index contributed by atoms with van der Waals surface area (Å²) in [6.07, 6.45) is 1.34. The van der Waals surface area contributed by atoms with E-state index in [-0.39, 0.29) is 29.6 Å². The molecule has 0 saturated heterocycles. The van der Waals surface area contributed by atoms with Gasteiger partial charge in [-0.1, -0.05) is 6.92 Å². The Morgan fingerprint density at radius 2 is 2.30 bits per heavy atom. The fourth-order valence-corrected chi connectivity index (χ4v) is 3.48. The third-order valence-corrected chi connectivity index (χ3v) is 4.96. The van der Waals surface area contributed by atoms with Crippen molar-refractivity contribution in [3.8, 4) is 5.75 Å². The van der Waals surface area contributed by atoms with Crippen LogP contribution in [0.1, 0.15) is 53.4 Å². The summed E-state index contributed by atoms with van der Waals surface area (Å²) in [5, 5.41) is 6.81. The van der Waals surface area contributed by atoms with E-state index < -0.39 is 23.7 Å². The number of aryl methyl sites for hydroxylation is 2. The molecule has 0 bridgehead atoms. The molecule has 0 spiro atoms. The number of amides is 1. The Morgan fingerprint density at radius 3 is 3.07 bits per heavy atom. The number of carbonyl (C=O) groups excluding carboxylic acids is 2. The average molecular weight is 373 g/mol. The average Bonchev–Trinajstić information content (AvgIpc) is 3.16. The van der Waals surface area contributed by atoms with Crippen molar-refractivity contribution < 1.29 is 18.8 Å². The van der Waals surface area contributed by atoms with Gasteiger partial charge in [0.25, 0.3) is 5.91 Å². The number of nitrogens with one attached hydrogen (secondary N) is 2. The van der Waals surface area contributed by atoms with E-state index in [9.17, 15) is 14.0 Å². The predicted octanol–water partition coefficient (Wildman–Crippen LogP) is 1.39. The van der Waals surface area contributed by atoms with Crippen LogP contribution in [0.5, 0.6) is 5.75 Å². The zero-order valence-corrected chi connectivity index (χ0v) is 15.1. The normalized spacial score (nSPS) is 21.2. The number of ketones is 1. The molecule has 2 aromatic rings. The number of nitrogens with zero attached hydrogens (tertiary/aromatic N) is 3. The number of rotatable bonds is 3. The first kappa shape index (κ1) is 17.6. The molecule has 2 aliphatic heterocycles. The molecule has 0 aliphatic carbocycles. The van der Waals surface area contributed by atoms with E-state index >= 15 is 0 Å². The molecule has 1 amide bonds. The van der Waals surface area contributed by atoms with E-state index in [1.165, 1.54) is 6.07 Å². The fourth-order valence-electron chi connectivity index (χ4n) is 3.48. The second kappa shape index (κ2) is 6.73. The molecule has 1 unspecified atom stereocenters. The van der Waals surface area contributed by atoms with Gasteiger partial charge in [-0.15, -0.1) is 10.6 Å². The second-order valence-electron chi connectivity index (χ2n) is 6.89. The number of aromatic nitrogens is 3. The van der Waals surface area contributed by atoms with E-state index in [0.717, 1.165) is 25.1 Å². The fraction of sp³-hybridized carbons (Fsp3) is 0.444. The van der Waals surface area contributed by atoms with Gasteiger partial charge in [-0.25, -0.2) is 14.1 Å². The molecule has 3 heterocycles. The summed E-state index contributed by atoms with van der Waals surface area (Å²) < 4.78 is 15.9. The molecular formula is C18H20FN5O3. The molecule has 2 aliphatic rings. The SMILES string of the molecule is CCC1CCc2nc(C(=O)N[C@H]3NOc4cc(C)cc(F)c4CC3=O)nn21. The van der Waals surface area contributed by atoms with Gasteiger partial charge in [0.15, 0.2) is 17.7 Å². The summed E-state index contributed by atoms with van der Waals surface area (Å²) in [5.74, 6) is -0.478. The van der Waals surface area contributed by atoms with Gasteiger partial charge in [-0.3, -0.25) is 9.59 Å². The third-order valence-electron chi connectivity index (χ3n) is 4.96. The van der Waals surface area contributed by atoms with Crippen molar-refractivity contribution in [3.05, 3.63) is 40.7 Å². The van der Waals surface area contributed by atoms with Gasteiger partial charge in [0, 0.05) is 18.4 Å². The van der Waals surface area contributed by atoms with E-state index in [2.05, 4.69) is 27.8 Å². The van der Waals surface area contributed by atoms with E-state index in [0.29, 0.717) is 5.56 Å². The van der Waals surface area contributed by atoms with Crippen molar-refractivity contribution >= 4 is 11.7 Å². The Kier molecular flexibility index (Phi) is 4.39. The van der Waals surface area contributed by atoms with Gasteiger partial charge < -0.3 is 10.2 Å².